The van der Waals surface area contributed by atoms with Gasteiger partial charge in [-0.05, 0) is 67.6 Å². The second-order valence-corrected chi connectivity index (χ2v) is 8.30. The smallest absolute Gasteiger partial charge is 0.337 e. The van der Waals surface area contributed by atoms with Gasteiger partial charge in [-0.2, -0.15) is 0 Å². The van der Waals surface area contributed by atoms with Crippen LogP contribution in [0.3, 0.4) is 0 Å². The first-order valence-corrected chi connectivity index (χ1v) is 11.2. The number of rotatable bonds is 8. The molecule has 0 saturated carbocycles. The van der Waals surface area contributed by atoms with Crippen LogP contribution in [0.2, 0.25) is 0 Å². The molecule has 0 saturated heterocycles. The van der Waals surface area contributed by atoms with Gasteiger partial charge < -0.3 is 14.8 Å². The van der Waals surface area contributed by atoms with Gasteiger partial charge in [0, 0.05) is 16.9 Å². The summed E-state index contributed by atoms with van der Waals surface area (Å²) in [4.78, 5) is 24.2. The van der Waals surface area contributed by atoms with Crippen molar-refractivity contribution < 1.29 is 27.5 Å². The Balaban J connectivity index is 1.76. The molecular weight excluding hydrogens is 432 g/mol. The Hall–Kier alpha value is -3.85. The van der Waals surface area contributed by atoms with Crippen molar-refractivity contribution in [1.29, 1.82) is 0 Å². The van der Waals surface area contributed by atoms with Crippen molar-refractivity contribution in [2.75, 3.05) is 23.8 Å². The Morgan fingerprint density at radius 1 is 0.875 bits per heavy atom. The van der Waals surface area contributed by atoms with Crippen LogP contribution >= 0.6 is 0 Å². The highest BCUT2D eigenvalue weighted by Crippen LogP contribution is 2.21. The van der Waals surface area contributed by atoms with Crippen LogP contribution in [0.25, 0.3) is 0 Å². The Bertz CT molecular complexity index is 1220. The second kappa shape index (κ2) is 9.97. The van der Waals surface area contributed by atoms with Crippen molar-refractivity contribution in [1.82, 2.24) is 0 Å². The van der Waals surface area contributed by atoms with Crippen LogP contribution in [-0.4, -0.2) is 34.0 Å². The summed E-state index contributed by atoms with van der Waals surface area (Å²) in [5.41, 5.74) is 1.16. The molecule has 3 rings (SSSR count). The number of hydrogen-bond acceptors (Lipinski definition) is 6. The molecule has 3 aromatic rings. The molecule has 0 unspecified atom stereocenters. The highest BCUT2D eigenvalue weighted by Gasteiger charge is 2.17. The van der Waals surface area contributed by atoms with E-state index in [0.29, 0.717) is 23.7 Å². The molecule has 0 aliphatic carbocycles. The van der Waals surface area contributed by atoms with E-state index in [4.69, 9.17) is 4.74 Å². The van der Waals surface area contributed by atoms with Crippen molar-refractivity contribution in [2.45, 2.75) is 11.8 Å². The van der Waals surface area contributed by atoms with Crippen molar-refractivity contribution in [3.8, 4) is 5.75 Å². The summed E-state index contributed by atoms with van der Waals surface area (Å²) < 4.78 is 38.0. The molecule has 9 heteroatoms. The van der Waals surface area contributed by atoms with Crippen LogP contribution in [0.15, 0.2) is 77.7 Å². The third-order valence-corrected chi connectivity index (χ3v) is 5.74. The van der Waals surface area contributed by atoms with Gasteiger partial charge in [0.05, 0.1) is 24.2 Å². The molecule has 32 heavy (non-hydrogen) atoms. The van der Waals surface area contributed by atoms with Crippen LogP contribution < -0.4 is 14.8 Å². The number of sulfonamides is 1. The van der Waals surface area contributed by atoms with Crippen LogP contribution in [0.1, 0.15) is 27.6 Å². The van der Waals surface area contributed by atoms with E-state index in [-0.39, 0.29) is 16.0 Å². The third kappa shape index (κ3) is 5.64. The largest absolute Gasteiger partial charge is 0.494 e. The molecule has 0 aliphatic heterocycles. The SMILES string of the molecule is CCOc1ccc(NS(=O)(=O)c2cccc(C(=O)Nc3cccc(C(=O)OC)c3)c2)cc1. The van der Waals surface area contributed by atoms with Crippen molar-refractivity contribution in [3.63, 3.8) is 0 Å². The van der Waals surface area contributed by atoms with E-state index in [1.165, 1.54) is 37.4 Å². The fourth-order valence-electron chi connectivity index (χ4n) is 2.85. The average Bonchev–Trinajstić information content (AvgIpc) is 2.80. The van der Waals surface area contributed by atoms with Gasteiger partial charge in [-0.25, -0.2) is 13.2 Å². The number of amides is 1. The van der Waals surface area contributed by atoms with Gasteiger partial charge in [0.1, 0.15) is 5.75 Å². The predicted molar refractivity (Wildman–Crippen MR) is 121 cm³/mol. The van der Waals surface area contributed by atoms with Crippen LogP contribution in [-0.2, 0) is 14.8 Å². The van der Waals surface area contributed by atoms with Gasteiger partial charge in [-0.3, -0.25) is 9.52 Å². The molecule has 0 aliphatic rings. The lowest BCUT2D eigenvalue weighted by Crippen LogP contribution is -2.16. The van der Waals surface area contributed by atoms with Crippen LogP contribution in [0, 0.1) is 0 Å². The van der Waals surface area contributed by atoms with Crippen LogP contribution in [0.5, 0.6) is 5.75 Å². The molecule has 8 nitrogen and oxygen atoms in total. The number of ether oxygens (including phenoxy) is 2. The fraction of sp³-hybridized carbons (Fsp3) is 0.130. The summed E-state index contributed by atoms with van der Waals surface area (Å²) in [7, 11) is -2.66. The molecule has 0 radical (unpaired) electrons. The Morgan fingerprint density at radius 2 is 1.56 bits per heavy atom. The summed E-state index contributed by atoms with van der Waals surface area (Å²) in [5, 5.41) is 2.65. The normalized spacial score (nSPS) is 10.8. The number of methoxy groups -OCH3 is 1. The summed E-state index contributed by atoms with van der Waals surface area (Å²) >= 11 is 0. The Labute approximate surface area is 186 Å². The first-order chi connectivity index (χ1) is 15.3. The monoisotopic (exact) mass is 454 g/mol. The molecule has 0 fully saturated rings. The van der Waals surface area contributed by atoms with Gasteiger partial charge in [-0.15, -0.1) is 0 Å². The minimum Gasteiger partial charge on any atom is -0.494 e. The average molecular weight is 455 g/mol. The number of hydrogen-bond donors (Lipinski definition) is 2. The van der Waals surface area contributed by atoms with Gasteiger partial charge in [0.25, 0.3) is 15.9 Å². The minimum absolute atomic E-state index is 0.0673. The third-order valence-electron chi connectivity index (χ3n) is 4.37. The predicted octanol–water partition coefficient (Wildman–Crippen LogP) is 3.93. The van der Waals surface area contributed by atoms with E-state index >= 15 is 0 Å². The fourth-order valence-corrected chi connectivity index (χ4v) is 3.95. The van der Waals surface area contributed by atoms with E-state index in [9.17, 15) is 18.0 Å². The van der Waals surface area contributed by atoms with Crippen molar-refractivity contribution in [3.05, 3.63) is 83.9 Å². The summed E-state index contributed by atoms with van der Waals surface area (Å²) in [5.74, 6) is -0.426. The van der Waals surface area contributed by atoms with E-state index in [0.717, 1.165) is 0 Å². The Kier molecular flexibility index (Phi) is 7.11. The molecule has 2 N–H and O–H groups in total. The first kappa shape index (κ1) is 22.8. The molecule has 0 atom stereocenters. The Morgan fingerprint density at radius 3 is 2.25 bits per heavy atom. The minimum atomic E-state index is -3.92. The van der Waals surface area contributed by atoms with E-state index in [1.807, 2.05) is 6.92 Å². The first-order valence-electron chi connectivity index (χ1n) is 9.68. The molecule has 0 bridgehead atoms. The molecule has 3 aromatic carbocycles. The van der Waals surface area contributed by atoms with Gasteiger partial charge >= 0.3 is 5.97 Å². The maximum absolute atomic E-state index is 12.8. The zero-order valence-corrected chi connectivity index (χ0v) is 18.3. The van der Waals surface area contributed by atoms with Gasteiger partial charge in [-0.1, -0.05) is 12.1 Å². The van der Waals surface area contributed by atoms with E-state index < -0.39 is 21.9 Å². The van der Waals surface area contributed by atoms with Gasteiger partial charge in [0.2, 0.25) is 0 Å². The second-order valence-electron chi connectivity index (χ2n) is 6.62. The maximum Gasteiger partial charge on any atom is 0.337 e. The topological polar surface area (TPSA) is 111 Å². The molecule has 0 heterocycles. The lowest BCUT2D eigenvalue weighted by Gasteiger charge is -2.11. The van der Waals surface area contributed by atoms with Crippen molar-refractivity contribution in [2.24, 2.45) is 0 Å². The number of carbonyl (C=O) groups excluding carboxylic acids is 2. The number of nitrogens with one attached hydrogen (secondary N) is 2. The standard InChI is InChI=1S/C23H22N2O6S/c1-3-31-20-12-10-18(11-13-20)25-32(28,29)21-9-5-6-16(15-21)22(26)24-19-8-4-7-17(14-19)23(27)30-2/h4-15,25H,3H2,1-2H3,(H,24,26). The van der Waals surface area contributed by atoms with E-state index in [2.05, 4.69) is 14.8 Å². The highest BCUT2D eigenvalue weighted by atomic mass is 32.2. The molecular formula is C23H22N2O6S. The van der Waals surface area contributed by atoms with E-state index in [1.54, 1.807) is 42.5 Å². The number of benzene rings is 3. The summed E-state index contributed by atoms with van der Waals surface area (Å²) in [6, 6.07) is 18.4. The quantitative estimate of drug-likeness (QED) is 0.499. The zero-order valence-electron chi connectivity index (χ0n) is 17.5. The van der Waals surface area contributed by atoms with Crippen LogP contribution in [0.4, 0.5) is 11.4 Å². The molecule has 1 amide bonds. The highest BCUT2D eigenvalue weighted by molar-refractivity contribution is 7.92. The summed E-state index contributed by atoms with van der Waals surface area (Å²) in [6.07, 6.45) is 0. The number of anilines is 2. The van der Waals surface area contributed by atoms with Gasteiger partial charge in [0.15, 0.2) is 0 Å². The summed E-state index contributed by atoms with van der Waals surface area (Å²) in [6.45, 7) is 2.36. The maximum atomic E-state index is 12.8. The molecule has 0 aromatic heterocycles. The molecule has 166 valence electrons. The molecule has 0 spiro atoms. The number of carbonyl (C=O) groups is 2. The van der Waals surface area contributed by atoms with Crippen molar-refractivity contribution >= 4 is 33.3 Å². The lowest BCUT2D eigenvalue weighted by atomic mass is 10.1. The lowest BCUT2D eigenvalue weighted by molar-refractivity contribution is 0.0600. The number of esters is 1. The zero-order chi connectivity index (χ0) is 23.1.